The summed E-state index contributed by atoms with van der Waals surface area (Å²) in [6.07, 6.45) is 0.988. The Morgan fingerprint density at radius 2 is 2.24 bits per heavy atom. The van der Waals surface area contributed by atoms with Crippen LogP contribution in [0.3, 0.4) is 0 Å². The van der Waals surface area contributed by atoms with Crippen LogP contribution in [0.5, 0.6) is 0 Å². The Kier molecular flexibility index (Phi) is 3.15. The summed E-state index contributed by atoms with van der Waals surface area (Å²) in [6, 6.07) is 0.201. The normalized spacial score (nSPS) is 24.0. The van der Waals surface area contributed by atoms with Gasteiger partial charge in [0.1, 0.15) is 5.69 Å². The van der Waals surface area contributed by atoms with Crippen molar-refractivity contribution in [3.8, 4) is 0 Å². The molecular formula is C11H14N2O3S. The topological polar surface area (TPSA) is 70.5 Å². The van der Waals surface area contributed by atoms with Crippen LogP contribution in [0.4, 0.5) is 0 Å². The van der Waals surface area contributed by atoms with Crippen molar-refractivity contribution in [2.75, 3.05) is 6.54 Å². The number of aromatic nitrogens is 1. The molecule has 6 heteroatoms. The van der Waals surface area contributed by atoms with Crippen LogP contribution in [-0.2, 0) is 0 Å². The van der Waals surface area contributed by atoms with Crippen LogP contribution >= 0.6 is 11.3 Å². The van der Waals surface area contributed by atoms with E-state index >= 15 is 0 Å². The Morgan fingerprint density at radius 1 is 1.53 bits per heavy atom. The highest BCUT2D eigenvalue weighted by molar-refractivity contribution is 7.11. The zero-order valence-corrected chi connectivity index (χ0v) is 10.5. The first kappa shape index (κ1) is 12.0. The Hall–Kier alpha value is -1.43. The lowest BCUT2D eigenvalue weighted by molar-refractivity contribution is 0.0696. The molecule has 2 unspecified atom stereocenters. The van der Waals surface area contributed by atoms with Gasteiger partial charge in [-0.25, -0.2) is 9.78 Å². The Bertz CT molecular complexity index is 457. The summed E-state index contributed by atoms with van der Waals surface area (Å²) in [4.78, 5) is 28.4. The van der Waals surface area contributed by atoms with E-state index in [9.17, 15) is 9.59 Å². The minimum Gasteiger partial charge on any atom is -0.476 e. The average Bonchev–Trinajstić information content (AvgIpc) is 2.84. The molecule has 1 aromatic rings. The standard InChI is InChI=1S/C11H14N2O3S/c1-6-3-7(2)13(4-6)10(14)8-5-17-9(12-8)11(15)16/h5-7H,3-4H2,1-2H3,(H,15,16). The summed E-state index contributed by atoms with van der Waals surface area (Å²) < 4.78 is 0. The number of rotatable bonds is 2. The van der Waals surface area contributed by atoms with Gasteiger partial charge in [0.2, 0.25) is 5.01 Å². The van der Waals surface area contributed by atoms with Crippen LogP contribution in [-0.4, -0.2) is 39.5 Å². The minimum atomic E-state index is -1.09. The fourth-order valence-electron chi connectivity index (χ4n) is 2.20. The highest BCUT2D eigenvalue weighted by Gasteiger charge is 2.31. The van der Waals surface area contributed by atoms with Crippen LogP contribution in [0.15, 0.2) is 5.38 Å². The average molecular weight is 254 g/mol. The quantitative estimate of drug-likeness (QED) is 0.872. The van der Waals surface area contributed by atoms with Gasteiger partial charge in [-0.3, -0.25) is 4.79 Å². The monoisotopic (exact) mass is 254 g/mol. The number of hydrogen-bond donors (Lipinski definition) is 1. The highest BCUT2D eigenvalue weighted by atomic mass is 32.1. The van der Waals surface area contributed by atoms with Crippen LogP contribution in [0.2, 0.25) is 0 Å². The number of carbonyl (C=O) groups is 2. The predicted octanol–water partition coefficient (Wildman–Crippen LogP) is 1.71. The summed E-state index contributed by atoms with van der Waals surface area (Å²) >= 11 is 0.989. The van der Waals surface area contributed by atoms with Crippen LogP contribution in [0.1, 0.15) is 40.6 Å². The van der Waals surface area contributed by atoms with Crippen molar-refractivity contribution in [2.24, 2.45) is 5.92 Å². The van der Waals surface area contributed by atoms with Gasteiger partial charge >= 0.3 is 5.97 Å². The molecule has 1 aliphatic rings. The molecule has 0 aliphatic carbocycles. The Balaban J connectivity index is 2.16. The zero-order valence-electron chi connectivity index (χ0n) is 9.71. The number of thiazole rings is 1. The maximum Gasteiger partial charge on any atom is 0.365 e. The molecule has 1 amide bonds. The third-order valence-electron chi connectivity index (χ3n) is 2.95. The van der Waals surface area contributed by atoms with E-state index in [0.717, 1.165) is 24.3 Å². The molecule has 1 aromatic heterocycles. The molecule has 5 nitrogen and oxygen atoms in total. The first-order valence-corrected chi connectivity index (χ1v) is 6.36. The van der Waals surface area contributed by atoms with E-state index in [0.29, 0.717) is 5.92 Å². The third-order valence-corrected chi connectivity index (χ3v) is 3.78. The second-order valence-electron chi connectivity index (χ2n) is 4.49. The zero-order chi connectivity index (χ0) is 12.6. The van der Waals surface area contributed by atoms with Crippen molar-refractivity contribution in [3.05, 3.63) is 16.1 Å². The summed E-state index contributed by atoms with van der Waals surface area (Å²) in [6.45, 7) is 4.83. The molecule has 0 spiro atoms. The Labute approximate surface area is 103 Å². The van der Waals surface area contributed by atoms with Crippen LogP contribution < -0.4 is 0 Å². The molecule has 2 rings (SSSR count). The number of hydrogen-bond acceptors (Lipinski definition) is 4. The fourth-order valence-corrected chi connectivity index (χ4v) is 2.83. The number of amides is 1. The number of carboxylic acid groups (broad SMARTS) is 1. The SMILES string of the molecule is CC1CC(C)N(C(=O)c2csc(C(=O)O)n2)C1. The number of likely N-dealkylation sites (tertiary alicyclic amines) is 1. The van der Waals surface area contributed by atoms with E-state index in [1.54, 1.807) is 4.90 Å². The number of aromatic carboxylic acids is 1. The van der Waals surface area contributed by atoms with Gasteiger partial charge in [0.15, 0.2) is 0 Å². The van der Waals surface area contributed by atoms with Gasteiger partial charge in [0.05, 0.1) is 0 Å². The molecule has 0 radical (unpaired) electrons. The Morgan fingerprint density at radius 3 is 2.71 bits per heavy atom. The highest BCUT2D eigenvalue weighted by Crippen LogP contribution is 2.24. The van der Waals surface area contributed by atoms with Gasteiger partial charge in [-0.1, -0.05) is 6.92 Å². The predicted molar refractivity (Wildman–Crippen MR) is 63.4 cm³/mol. The summed E-state index contributed by atoms with van der Waals surface area (Å²) in [7, 11) is 0. The van der Waals surface area contributed by atoms with Crippen molar-refractivity contribution >= 4 is 23.2 Å². The maximum absolute atomic E-state index is 12.1. The van der Waals surface area contributed by atoms with Crippen LogP contribution in [0, 0.1) is 5.92 Å². The molecule has 0 saturated carbocycles. The molecule has 2 heterocycles. The largest absolute Gasteiger partial charge is 0.476 e. The van der Waals surface area contributed by atoms with E-state index in [2.05, 4.69) is 11.9 Å². The lowest BCUT2D eigenvalue weighted by atomic mass is 10.1. The van der Waals surface area contributed by atoms with Gasteiger partial charge in [-0.2, -0.15) is 0 Å². The van der Waals surface area contributed by atoms with E-state index in [1.807, 2.05) is 6.92 Å². The maximum atomic E-state index is 12.1. The smallest absolute Gasteiger partial charge is 0.365 e. The first-order valence-electron chi connectivity index (χ1n) is 5.49. The van der Waals surface area contributed by atoms with E-state index < -0.39 is 5.97 Å². The minimum absolute atomic E-state index is 0.0340. The molecule has 1 fully saturated rings. The number of nitrogens with zero attached hydrogens (tertiary/aromatic N) is 2. The lowest BCUT2D eigenvalue weighted by Crippen LogP contribution is -2.34. The molecule has 1 aliphatic heterocycles. The number of carboxylic acids is 1. The van der Waals surface area contributed by atoms with Crippen molar-refractivity contribution in [1.29, 1.82) is 0 Å². The second-order valence-corrected chi connectivity index (χ2v) is 5.35. The van der Waals surface area contributed by atoms with Gasteiger partial charge in [0.25, 0.3) is 5.91 Å². The van der Waals surface area contributed by atoms with Crippen molar-refractivity contribution < 1.29 is 14.7 Å². The molecule has 0 aromatic carbocycles. The summed E-state index contributed by atoms with van der Waals surface area (Å²) in [5, 5.41) is 10.2. The van der Waals surface area contributed by atoms with Gasteiger partial charge in [0, 0.05) is 18.0 Å². The van der Waals surface area contributed by atoms with E-state index in [1.165, 1.54) is 5.38 Å². The van der Waals surface area contributed by atoms with Gasteiger partial charge in [-0.05, 0) is 19.3 Å². The number of carbonyl (C=O) groups excluding carboxylic acids is 1. The van der Waals surface area contributed by atoms with E-state index in [-0.39, 0.29) is 22.7 Å². The molecule has 2 atom stereocenters. The van der Waals surface area contributed by atoms with E-state index in [4.69, 9.17) is 5.11 Å². The third kappa shape index (κ3) is 2.31. The van der Waals surface area contributed by atoms with Crippen molar-refractivity contribution in [3.63, 3.8) is 0 Å². The molecule has 92 valence electrons. The molecule has 1 N–H and O–H groups in total. The second kappa shape index (κ2) is 4.44. The van der Waals surface area contributed by atoms with Crippen molar-refractivity contribution in [1.82, 2.24) is 9.88 Å². The van der Waals surface area contributed by atoms with Crippen LogP contribution in [0.25, 0.3) is 0 Å². The first-order chi connectivity index (χ1) is 7.99. The molecule has 1 saturated heterocycles. The fraction of sp³-hybridized carbons (Fsp3) is 0.545. The molecule has 17 heavy (non-hydrogen) atoms. The molecular weight excluding hydrogens is 240 g/mol. The summed E-state index contributed by atoms with van der Waals surface area (Å²) in [5.74, 6) is -0.756. The van der Waals surface area contributed by atoms with Crippen molar-refractivity contribution in [2.45, 2.75) is 26.3 Å². The molecule has 0 bridgehead atoms. The van der Waals surface area contributed by atoms with Gasteiger partial charge in [-0.15, -0.1) is 11.3 Å². The van der Waals surface area contributed by atoms with Gasteiger partial charge < -0.3 is 10.0 Å². The lowest BCUT2D eigenvalue weighted by Gasteiger charge is -2.20. The summed E-state index contributed by atoms with van der Waals surface area (Å²) in [5.41, 5.74) is 0.244.